The first-order chi connectivity index (χ1) is 9.45. The number of nitrogens with zero attached hydrogens (tertiary/aromatic N) is 1. The Hall–Kier alpha value is -1.04. The molecule has 0 bridgehead atoms. The van der Waals surface area contributed by atoms with E-state index in [1.807, 2.05) is 45.0 Å². The third kappa shape index (κ3) is 4.51. The second kappa shape index (κ2) is 6.61. The third-order valence-corrected chi connectivity index (χ3v) is 4.21. The maximum Gasteiger partial charge on any atom is 0.144 e. The quantitative estimate of drug-likeness (QED) is 0.634. The van der Waals surface area contributed by atoms with E-state index in [2.05, 4.69) is 4.40 Å². The summed E-state index contributed by atoms with van der Waals surface area (Å²) >= 11 is -1.24. The van der Waals surface area contributed by atoms with E-state index >= 15 is 0 Å². The van der Waals surface area contributed by atoms with Crippen LogP contribution in [-0.4, -0.2) is 34.8 Å². The largest absolute Gasteiger partial charge is 0.591 e. The van der Waals surface area contributed by atoms with Crippen molar-refractivity contribution in [3.8, 4) is 5.75 Å². The molecule has 1 aliphatic rings. The van der Waals surface area contributed by atoms with E-state index < -0.39 is 11.4 Å². The van der Waals surface area contributed by atoms with Gasteiger partial charge in [-0.05, 0) is 32.9 Å². The van der Waals surface area contributed by atoms with E-state index in [9.17, 15) is 4.55 Å². The second-order valence-corrected chi connectivity index (χ2v) is 7.71. The second-order valence-electron chi connectivity index (χ2n) is 5.77. The van der Waals surface area contributed by atoms with Gasteiger partial charge in [-0.15, -0.1) is 0 Å². The highest BCUT2D eigenvalue weighted by molar-refractivity contribution is 7.91. The van der Waals surface area contributed by atoms with Crippen molar-refractivity contribution in [2.75, 3.05) is 13.2 Å². The minimum Gasteiger partial charge on any atom is -0.591 e. The molecule has 0 spiro atoms. The van der Waals surface area contributed by atoms with E-state index in [0.717, 1.165) is 24.3 Å². The van der Waals surface area contributed by atoms with Crippen molar-refractivity contribution in [3.05, 3.63) is 29.8 Å². The van der Waals surface area contributed by atoms with Crippen LogP contribution in [-0.2, 0) is 16.1 Å². The Labute approximate surface area is 123 Å². The molecule has 1 aromatic rings. The molecule has 0 aliphatic carbocycles. The molecule has 5 heteroatoms. The predicted molar refractivity (Wildman–Crippen MR) is 81.8 cm³/mol. The van der Waals surface area contributed by atoms with Crippen LogP contribution in [0.3, 0.4) is 0 Å². The average molecular weight is 295 g/mol. The first-order valence-electron chi connectivity index (χ1n) is 6.76. The summed E-state index contributed by atoms with van der Waals surface area (Å²) in [7, 11) is 0. The van der Waals surface area contributed by atoms with Gasteiger partial charge in [-0.25, -0.2) is 0 Å². The zero-order valence-electron chi connectivity index (χ0n) is 12.2. The first kappa shape index (κ1) is 15.4. The number of rotatable bonds is 4. The standard InChI is InChI=1S/C15H21NO3S/c1-15(2,3)20(17)16-10-12-5-4-6-13(9-12)19-14-7-8-18-11-14/h4-6,9-10,14H,7-8,11H2,1-3H3/t14-,20+/m0/s1. The van der Waals surface area contributed by atoms with E-state index in [1.54, 1.807) is 6.21 Å². The number of benzene rings is 1. The molecule has 20 heavy (non-hydrogen) atoms. The lowest BCUT2D eigenvalue weighted by Gasteiger charge is -2.17. The number of ether oxygens (including phenoxy) is 2. The highest BCUT2D eigenvalue weighted by Crippen LogP contribution is 2.19. The average Bonchev–Trinajstić information content (AvgIpc) is 2.88. The fourth-order valence-electron chi connectivity index (χ4n) is 1.73. The maximum absolute atomic E-state index is 11.9. The van der Waals surface area contributed by atoms with Gasteiger partial charge >= 0.3 is 0 Å². The fraction of sp³-hybridized carbons (Fsp3) is 0.533. The zero-order chi connectivity index (χ0) is 14.6. The van der Waals surface area contributed by atoms with Crippen molar-refractivity contribution < 1.29 is 14.0 Å². The van der Waals surface area contributed by atoms with E-state index in [-0.39, 0.29) is 10.9 Å². The van der Waals surface area contributed by atoms with Crippen LogP contribution in [0.15, 0.2) is 28.7 Å². The van der Waals surface area contributed by atoms with Gasteiger partial charge in [0.25, 0.3) is 0 Å². The van der Waals surface area contributed by atoms with Crippen LogP contribution in [0.5, 0.6) is 5.75 Å². The van der Waals surface area contributed by atoms with Crippen molar-refractivity contribution in [2.24, 2.45) is 4.40 Å². The molecule has 0 N–H and O–H groups in total. The highest BCUT2D eigenvalue weighted by Gasteiger charge is 2.25. The van der Waals surface area contributed by atoms with Crippen molar-refractivity contribution in [2.45, 2.75) is 38.0 Å². The summed E-state index contributed by atoms with van der Waals surface area (Å²) < 4.78 is 26.7. The minimum atomic E-state index is -1.24. The maximum atomic E-state index is 11.9. The predicted octanol–water partition coefficient (Wildman–Crippen LogP) is 2.74. The molecule has 2 rings (SSSR count). The van der Waals surface area contributed by atoms with Gasteiger partial charge in [-0.1, -0.05) is 16.5 Å². The molecular formula is C15H21NO3S. The van der Waals surface area contributed by atoms with Crippen molar-refractivity contribution in [1.29, 1.82) is 0 Å². The number of hydrogen-bond donors (Lipinski definition) is 0. The van der Waals surface area contributed by atoms with Gasteiger partial charge in [0.1, 0.15) is 28.0 Å². The van der Waals surface area contributed by atoms with Gasteiger partial charge in [0.15, 0.2) is 0 Å². The van der Waals surface area contributed by atoms with Crippen LogP contribution in [0.1, 0.15) is 32.8 Å². The molecule has 0 amide bonds. The van der Waals surface area contributed by atoms with Crippen molar-refractivity contribution >= 4 is 17.6 Å². The Morgan fingerprint density at radius 1 is 1.45 bits per heavy atom. The first-order valence-corrected chi connectivity index (χ1v) is 7.86. The summed E-state index contributed by atoms with van der Waals surface area (Å²) in [4.78, 5) is 0. The highest BCUT2D eigenvalue weighted by atomic mass is 32.2. The minimum absolute atomic E-state index is 0.130. The molecule has 110 valence electrons. The van der Waals surface area contributed by atoms with Gasteiger partial charge in [0.2, 0.25) is 0 Å². The van der Waals surface area contributed by atoms with Gasteiger partial charge in [0.05, 0.1) is 19.4 Å². The van der Waals surface area contributed by atoms with E-state index in [4.69, 9.17) is 9.47 Å². The molecule has 1 fully saturated rings. The summed E-state index contributed by atoms with van der Waals surface area (Å²) in [5.41, 5.74) is 0.888. The Bertz CT molecular complexity index is 464. The molecule has 1 aliphatic heterocycles. The van der Waals surface area contributed by atoms with Gasteiger partial charge in [-0.2, -0.15) is 0 Å². The summed E-state index contributed by atoms with van der Waals surface area (Å²) in [5.74, 6) is 0.797. The molecule has 0 unspecified atom stereocenters. The van der Waals surface area contributed by atoms with Gasteiger partial charge < -0.3 is 14.0 Å². The van der Waals surface area contributed by atoms with Crippen molar-refractivity contribution in [3.63, 3.8) is 0 Å². The molecule has 0 saturated carbocycles. The Morgan fingerprint density at radius 3 is 2.90 bits per heavy atom. The summed E-state index contributed by atoms with van der Waals surface area (Å²) in [6.07, 6.45) is 2.69. The molecule has 1 aromatic carbocycles. The topological polar surface area (TPSA) is 53.9 Å². The SMILES string of the molecule is CC(C)(C)[S@@+]([O-])N=Cc1cccc(O[C@H]2CCOC2)c1. The lowest BCUT2D eigenvalue weighted by molar-refractivity contribution is 0.141. The lowest BCUT2D eigenvalue weighted by Crippen LogP contribution is -2.25. The Balaban J connectivity index is 2.00. The Morgan fingerprint density at radius 2 is 2.25 bits per heavy atom. The van der Waals surface area contributed by atoms with Crippen LogP contribution in [0, 0.1) is 0 Å². The summed E-state index contributed by atoms with van der Waals surface area (Å²) in [5, 5.41) is 0. The van der Waals surface area contributed by atoms with Gasteiger partial charge in [-0.3, -0.25) is 0 Å². The van der Waals surface area contributed by atoms with E-state index in [1.165, 1.54) is 0 Å². The molecule has 4 nitrogen and oxygen atoms in total. The zero-order valence-corrected chi connectivity index (χ0v) is 13.0. The Kier molecular flexibility index (Phi) is 5.07. The van der Waals surface area contributed by atoms with Crippen LogP contribution in [0.2, 0.25) is 0 Å². The number of hydrogen-bond acceptors (Lipinski definition) is 4. The van der Waals surface area contributed by atoms with Crippen LogP contribution in [0.25, 0.3) is 0 Å². The molecular weight excluding hydrogens is 274 g/mol. The molecule has 0 aromatic heterocycles. The van der Waals surface area contributed by atoms with E-state index in [0.29, 0.717) is 6.61 Å². The molecule has 0 radical (unpaired) electrons. The monoisotopic (exact) mass is 295 g/mol. The smallest absolute Gasteiger partial charge is 0.144 e. The van der Waals surface area contributed by atoms with Crippen LogP contribution >= 0.6 is 0 Å². The normalized spacial score (nSPS) is 21.3. The molecule has 1 heterocycles. The fourth-order valence-corrected chi connectivity index (χ4v) is 2.27. The molecule has 1 saturated heterocycles. The van der Waals surface area contributed by atoms with Crippen LogP contribution in [0.4, 0.5) is 0 Å². The van der Waals surface area contributed by atoms with Crippen molar-refractivity contribution in [1.82, 2.24) is 0 Å². The third-order valence-electron chi connectivity index (χ3n) is 2.87. The molecule has 2 atom stereocenters. The summed E-state index contributed by atoms with van der Waals surface area (Å²) in [6.45, 7) is 7.11. The summed E-state index contributed by atoms with van der Waals surface area (Å²) in [6, 6.07) is 7.64. The van der Waals surface area contributed by atoms with Crippen LogP contribution < -0.4 is 4.74 Å². The van der Waals surface area contributed by atoms with Gasteiger partial charge in [0, 0.05) is 12.0 Å². The lowest BCUT2D eigenvalue weighted by atomic mass is 10.2.